The van der Waals surface area contributed by atoms with Crippen LogP contribution in [0.15, 0.2) is 0 Å². The second-order valence-electron chi connectivity index (χ2n) is 9.43. The molecule has 1 amide bonds. The standard InChI is InChI=1S/C24H40N2O6S/c1-9-10-12-30-13-11-21-18(15-27)25-22(33-21)20(31-17(4)28)14-19(16(2)3)26(8)23(29)32-24(5,6)7/h15-16,19-20H,9-14H2,1-8H3/t19-,20-/m1/s1. The van der Waals surface area contributed by atoms with Crippen LogP contribution in [0.3, 0.4) is 0 Å². The number of rotatable bonds is 13. The predicted octanol–water partition coefficient (Wildman–Crippen LogP) is 5.20. The molecule has 8 nitrogen and oxygen atoms in total. The number of unbranched alkanes of at least 4 members (excludes halogenated alkanes) is 1. The molecule has 0 aromatic carbocycles. The summed E-state index contributed by atoms with van der Waals surface area (Å²) in [4.78, 5) is 42.9. The van der Waals surface area contributed by atoms with Crippen LogP contribution in [-0.4, -0.2) is 60.1 Å². The van der Waals surface area contributed by atoms with Crippen LogP contribution >= 0.6 is 11.3 Å². The lowest BCUT2D eigenvalue weighted by Gasteiger charge is -2.34. The number of aromatic nitrogens is 1. The fraction of sp³-hybridized carbons (Fsp3) is 0.750. The van der Waals surface area contributed by atoms with Gasteiger partial charge in [0.2, 0.25) is 0 Å². The molecule has 1 aromatic heterocycles. The topological polar surface area (TPSA) is 95.0 Å². The minimum absolute atomic E-state index is 0.0671. The van der Waals surface area contributed by atoms with Crippen LogP contribution in [0.2, 0.25) is 0 Å². The molecule has 2 atom stereocenters. The molecule has 0 unspecified atom stereocenters. The number of ether oxygens (including phenoxy) is 3. The second kappa shape index (κ2) is 13.6. The van der Waals surface area contributed by atoms with Gasteiger partial charge >= 0.3 is 12.1 Å². The van der Waals surface area contributed by atoms with Gasteiger partial charge in [-0.3, -0.25) is 9.59 Å². The molecule has 0 bridgehead atoms. The molecule has 0 saturated carbocycles. The third-order valence-corrected chi connectivity index (χ3v) is 6.18. The molecule has 0 aliphatic heterocycles. The number of aldehydes is 1. The first-order valence-electron chi connectivity index (χ1n) is 11.5. The minimum atomic E-state index is -0.682. The van der Waals surface area contributed by atoms with Gasteiger partial charge in [-0.15, -0.1) is 11.3 Å². The van der Waals surface area contributed by atoms with E-state index < -0.39 is 23.8 Å². The molecule has 0 aliphatic rings. The zero-order valence-corrected chi connectivity index (χ0v) is 22.1. The summed E-state index contributed by atoms with van der Waals surface area (Å²) in [6.07, 6.45) is 2.55. The van der Waals surface area contributed by atoms with Gasteiger partial charge in [0.05, 0.1) is 6.61 Å². The zero-order chi connectivity index (χ0) is 25.2. The fourth-order valence-corrected chi connectivity index (χ4v) is 4.33. The van der Waals surface area contributed by atoms with E-state index in [1.54, 1.807) is 11.9 Å². The van der Waals surface area contributed by atoms with Crippen LogP contribution in [-0.2, 0) is 25.4 Å². The first-order chi connectivity index (χ1) is 15.4. The maximum Gasteiger partial charge on any atom is 0.410 e. The van der Waals surface area contributed by atoms with E-state index in [1.807, 2.05) is 34.6 Å². The Morgan fingerprint density at radius 1 is 1.21 bits per heavy atom. The maximum atomic E-state index is 12.7. The Hall–Kier alpha value is -2.00. The van der Waals surface area contributed by atoms with Gasteiger partial charge in [0.15, 0.2) is 12.4 Å². The van der Waals surface area contributed by atoms with Crippen molar-refractivity contribution >= 4 is 29.7 Å². The summed E-state index contributed by atoms with van der Waals surface area (Å²) in [7, 11) is 1.68. The van der Waals surface area contributed by atoms with Crippen molar-refractivity contribution in [3.63, 3.8) is 0 Å². The molecule has 1 aromatic rings. The molecule has 9 heteroatoms. The largest absolute Gasteiger partial charge is 0.455 e. The Morgan fingerprint density at radius 3 is 2.39 bits per heavy atom. The van der Waals surface area contributed by atoms with Crippen molar-refractivity contribution in [3.8, 4) is 0 Å². The molecular formula is C24H40N2O6S. The second-order valence-corrected chi connectivity index (χ2v) is 10.5. The van der Waals surface area contributed by atoms with Crippen molar-refractivity contribution < 1.29 is 28.6 Å². The average Bonchev–Trinajstić information content (AvgIpc) is 3.11. The number of amides is 1. The van der Waals surface area contributed by atoms with Crippen LogP contribution in [0, 0.1) is 5.92 Å². The summed E-state index contributed by atoms with van der Waals surface area (Å²) in [5.41, 5.74) is -0.280. The van der Waals surface area contributed by atoms with Crippen molar-refractivity contribution in [2.75, 3.05) is 20.3 Å². The Labute approximate surface area is 202 Å². The van der Waals surface area contributed by atoms with Crippen LogP contribution in [0.5, 0.6) is 0 Å². The van der Waals surface area contributed by atoms with Gasteiger partial charge in [-0.25, -0.2) is 9.78 Å². The highest BCUT2D eigenvalue weighted by Gasteiger charge is 2.32. The zero-order valence-electron chi connectivity index (χ0n) is 21.3. The maximum absolute atomic E-state index is 12.7. The van der Waals surface area contributed by atoms with Crippen molar-refractivity contribution in [3.05, 3.63) is 15.6 Å². The molecule has 33 heavy (non-hydrogen) atoms. The van der Waals surface area contributed by atoms with Gasteiger partial charge in [-0.1, -0.05) is 27.2 Å². The first-order valence-corrected chi connectivity index (χ1v) is 12.4. The Kier molecular flexibility index (Phi) is 12.0. The summed E-state index contributed by atoms with van der Waals surface area (Å²) in [5.74, 6) is -0.382. The Morgan fingerprint density at radius 2 is 1.88 bits per heavy atom. The number of carbonyl (C=O) groups is 3. The van der Waals surface area contributed by atoms with Crippen LogP contribution in [0.1, 0.15) is 94.2 Å². The molecule has 0 spiro atoms. The molecule has 188 valence electrons. The molecule has 0 radical (unpaired) electrons. The summed E-state index contributed by atoms with van der Waals surface area (Å²) in [5, 5.41) is 0.541. The normalized spacial score (nSPS) is 13.5. The predicted molar refractivity (Wildman–Crippen MR) is 129 cm³/mol. The number of carbonyl (C=O) groups excluding carboxylic acids is 3. The van der Waals surface area contributed by atoms with Crippen LogP contribution in [0.25, 0.3) is 0 Å². The van der Waals surface area contributed by atoms with E-state index in [2.05, 4.69) is 11.9 Å². The van der Waals surface area contributed by atoms with Gasteiger partial charge in [-0.2, -0.15) is 0 Å². The number of esters is 1. The fourth-order valence-electron chi connectivity index (χ4n) is 3.27. The van der Waals surface area contributed by atoms with Gasteiger partial charge in [-0.05, 0) is 33.1 Å². The van der Waals surface area contributed by atoms with Crippen molar-refractivity contribution in [2.45, 2.75) is 91.9 Å². The smallest absolute Gasteiger partial charge is 0.410 e. The van der Waals surface area contributed by atoms with Crippen LogP contribution < -0.4 is 0 Å². The quantitative estimate of drug-likeness (QED) is 0.216. The van der Waals surface area contributed by atoms with Crippen molar-refractivity contribution in [1.29, 1.82) is 0 Å². The highest BCUT2D eigenvalue weighted by Crippen LogP contribution is 2.32. The molecule has 0 aliphatic carbocycles. The van der Waals surface area contributed by atoms with Crippen molar-refractivity contribution in [2.24, 2.45) is 5.92 Å². The van der Waals surface area contributed by atoms with Crippen molar-refractivity contribution in [1.82, 2.24) is 9.88 Å². The van der Waals surface area contributed by atoms with E-state index in [1.165, 1.54) is 18.3 Å². The number of thiazole rings is 1. The summed E-state index contributed by atoms with van der Waals surface area (Å²) in [6, 6.07) is -0.270. The van der Waals surface area contributed by atoms with E-state index >= 15 is 0 Å². The number of hydrogen-bond acceptors (Lipinski definition) is 8. The van der Waals surface area contributed by atoms with Gasteiger partial charge < -0.3 is 19.1 Å². The third-order valence-electron chi connectivity index (χ3n) is 4.96. The molecule has 0 fully saturated rings. The van der Waals surface area contributed by atoms with Gasteiger partial charge in [0, 0.05) is 44.3 Å². The molecule has 1 heterocycles. The third kappa shape index (κ3) is 10.2. The highest BCUT2D eigenvalue weighted by molar-refractivity contribution is 7.12. The Bertz CT molecular complexity index is 771. The Balaban J connectivity index is 3.08. The van der Waals surface area contributed by atoms with Gasteiger partial charge in [0.1, 0.15) is 16.3 Å². The lowest BCUT2D eigenvalue weighted by atomic mass is 9.96. The van der Waals surface area contributed by atoms with E-state index in [0.717, 1.165) is 24.0 Å². The summed E-state index contributed by atoms with van der Waals surface area (Å²) >= 11 is 1.35. The van der Waals surface area contributed by atoms with E-state index in [0.29, 0.717) is 36.8 Å². The van der Waals surface area contributed by atoms with Gasteiger partial charge in [0.25, 0.3) is 0 Å². The number of nitrogens with zero attached hydrogens (tertiary/aromatic N) is 2. The molecule has 0 saturated heterocycles. The lowest BCUT2D eigenvalue weighted by molar-refractivity contribution is -0.147. The lowest BCUT2D eigenvalue weighted by Crippen LogP contribution is -2.44. The van der Waals surface area contributed by atoms with E-state index in [4.69, 9.17) is 14.2 Å². The molecular weight excluding hydrogens is 444 g/mol. The number of hydrogen-bond donors (Lipinski definition) is 0. The molecule has 0 N–H and O–H groups in total. The minimum Gasteiger partial charge on any atom is -0.455 e. The summed E-state index contributed by atoms with van der Waals surface area (Å²) < 4.78 is 16.7. The monoisotopic (exact) mass is 484 g/mol. The highest BCUT2D eigenvalue weighted by atomic mass is 32.1. The first kappa shape index (κ1) is 29.0. The molecule has 1 rings (SSSR count). The van der Waals surface area contributed by atoms with E-state index in [9.17, 15) is 14.4 Å². The SMILES string of the molecule is CCCCOCCc1sc([C@@H](C[C@H](C(C)C)N(C)C(=O)OC(C)(C)C)OC(C)=O)nc1C=O. The average molecular weight is 485 g/mol. The summed E-state index contributed by atoms with van der Waals surface area (Å²) in [6.45, 7) is 14.0. The van der Waals surface area contributed by atoms with Crippen LogP contribution in [0.4, 0.5) is 4.79 Å². The van der Waals surface area contributed by atoms with E-state index in [-0.39, 0.29) is 12.0 Å².